The van der Waals surface area contributed by atoms with Crippen molar-refractivity contribution in [3.05, 3.63) is 70.3 Å². The number of rotatable bonds is 7. The molecule has 0 aliphatic heterocycles. The van der Waals surface area contributed by atoms with E-state index in [1.807, 2.05) is 54.2 Å². The van der Waals surface area contributed by atoms with Gasteiger partial charge in [0.1, 0.15) is 0 Å². The third-order valence-corrected chi connectivity index (χ3v) is 7.09. The summed E-state index contributed by atoms with van der Waals surface area (Å²) in [6.07, 6.45) is 3.50. The number of carbonyl (C=O) groups is 2. The Hall–Kier alpha value is -3.36. The number of hydrogen-bond acceptors (Lipinski definition) is 6. The lowest BCUT2D eigenvalue weighted by molar-refractivity contribution is 0.101. The average molecular weight is 491 g/mol. The number of aromatic nitrogens is 4. The lowest BCUT2D eigenvalue weighted by Gasteiger charge is -2.23. The summed E-state index contributed by atoms with van der Waals surface area (Å²) in [5.74, 6) is 0.183. The Morgan fingerprint density at radius 2 is 1.36 bits per heavy atom. The minimum absolute atomic E-state index is 0.0857. The van der Waals surface area contributed by atoms with Crippen molar-refractivity contribution in [2.24, 2.45) is 0 Å². The quantitative estimate of drug-likeness (QED) is 0.368. The molecule has 0 aliphatic carbocycles. The Kier molecular flexibility index (Phi) is 8.43. The summed E-state index contributed by atoms with van der Waals surface area (Å²) < 4.78 is 3.76. The van der Waals surface area contributed by atoms with E-state index < -0.39 is 0 Å². The van der Waals surface area contributed by atoms with Crippen LogP contribution in [0.4, 0.5) is 0 Å². The predicted molar refractivity (Wildman–Crippen MR) is 144 cm³/mol. The lowest BCUT2D eigenvalue weighted by Crippen LogP contribution is -2.23. The Labute approximate surface area is 213 Å². The number of fused-ring (bicyclic) bond motifs is 2. The van der Waals surface area contributed by atoms with Crippen molar-refractivity contribution in [3.63, 3.8) is 0 Å². The number of Topliss-reactive ketones (excluding diaryl/α,β-unsaturated/α-hetero) is 2. The van der Waals surface area contributed by atoms with Gasteiger partial charge < -0.3 is 5.32 Å². The van der Waals surface area contributed by atoms with Gasteiger partial charge >= 0.3 is 0 Å². The molecule has 192 valence electrons. The van der Waals surface area contributed by atoms with Crippen LogP contribution in [0.5, 0.6) is 0 Å². The van der Waals surface area contributed by atoms with Crippen LogP contribution in [0, 0.1) is 13.8 Å². The van der Waals surface area contributed by atoms with Crippen molar-refractivity contribution in [1.29, 1.82) is 0 Å². The van der Waals surface area contributed by atoms with Gasteiger partial charge in [0.05, 0.1) is 22.4 Å². The molecule has 8 heteroatoms. The second-order valence-electron chi connectivity index (χ2n) is 9.28. The summed E-state index contributed by atoms with van der Waals surface area (Å²) in [5, 5.41) is 12.0. The highest BCUT2D eigenvalue weighted by Gasteiger charge is 2.24. The van der Waals surface area contributed by atoms with Crippen molar-refractivity contribution in [2.45, 2.75) is 60.5 Å². The third kappa shape index (κ3) is 4.83. The van der Waals surface area contributed by atoms with E-state index in [1.165, 1.54) is 0 Å². The molecule has 4 heterocycles. The van der Waals surface area contributed by atoms with E-state index >= 15 is 0 Å². The normalized spacial score (nSPS) is 13.1. The highest BCUT2D eigenvalue weighted by Crippen LogP contribution is 2.30. The molecule has 0 bridgehead atoms. The number of hydrogen-bond donors (Lipinski definition) is 1. The minimum Gasteiger partial charge on any atom is -0.312 e. The summed E-state index contributed by atoms with van der Waals surface area (Å²) in [4.78, 5) is 25.9. The van der Waals surface area contributed by atoms with Crippen LogP contribution in [-0.4, -0.2) is 56.3 Å². The highest BCUT2D eigenvalue weighted by atomic mass is 16.1. The lowest BCUT2D eigenvalue weighted by atomic mass is 10.0. The molecule has 0 aromatic carbocycles. The molecular weight excluding hydrogens is 452 g/mol. The molecule has 0 radical (unpaired) electrons. The van der Waals surface area contributed by atoms with Crippen LogP contribution in [0.25, 0.3) is 11.0 Å². The Morgan fingerprint density at radius 3 is 1.78 bits per heavy atom. The summed E-state index contributed by atoms with van der Waals surface area (Å²) in [6, 6.07) is 8.00. The minimum atomic E-state index is 0.0857. The molecule has 0 aliphatic rings. The van der Waals surface area contributed by atoms with Gasteiger partial charge in [0.15, 0.2) is 11.6 Å². The molecule has 4 aromatic heterocycles. The van der Waals surface area contributed by atoms with Crippen LogP contribution < -0.4 is 5.32 Å². The van der Waals surface area contributed by atoms with Gasteiger partial charge in [0.25, 0.3) is 0 Å². The van der Waals surface area contributed by atoms with Gasteiger partial charge in [-0.1, -0.05) is 6.92 Å². The number of carbonyl (C=O) groups excluding carboxylic acids is 2. The maximum Gasteiger partial charge on any atom is 0.162 e. The smallest absolute Gasteiger partial charge is 0.162 e. The Balaban J connectivity index is 0.000000202. The molecule has 2 atom stereocenters. The van der Waals surface area contributed by atoms with Crippen molar-refractivity contribution in [2.75, 3.05) is 20.6 Å². The summed E-state index contributed by atoms with van der Waals surface area (Å²) in [6.45, 7) is 14.5. The van der Waals surface area contributed by atoms with Crippen LogP contribution in [0.15, 0.2) is 36.7 Å². The van der Waals surface area contributed by atoms with Gasteiger partial charge in [-0.2, -0.15) is 10.2 Å². The van der Waals surface area contributed by atoms with Crippen molar-refractivity contribution in [1.82, 2.24) is 29.4 Å². The van der Waals surface area contributed by atoms with Crippen LogP contribution in [0.1, 0.15) is 89.9 Å². The summed E-state index contributed by atoms with van der Waals surface area (Å²) in [7, 11) is 3.99. The topological polar surface area (TPSA) is 84.0 Å². The molecule has 0 amide bonds. The van der Waals surface area contributed by atoms with E-state index in [1.54, 1.807) is 26.2 Å². The van der Waals surface area contributed by atoms with Crippen LogP contribution in [0.2, 0.25) is 0 Å². The van der Waals surface area contributed by atoms with Crippen molar-refractivity contribution >= 4 is 22.6 Å². The van der Waals surface area contributed by atoms with Crippen LogP contribution >= 0.6 is 0 Å². The Bertz CT molecular complexity index is 1400. The van der Waals surface area contributed by atoms with Gasteiger partial charge in [-0.15, -0.1) is 0 Å². The first kappa shape index (κ1) is 27.2. The van der Waals surface area contributed by atoms with Gasteiger partial charge in [-0.3, -0.25) is 14.5 Å². The second-order valence-corrected chi connectivity index (χ2v) is 9.28. The van der Waals surface area contributed by atoms with Gasteiger partial charge in [-0.05, 0) is 97.6 Å². The standard InChI is InChI=1S/C15H21N3O.C13H17N3O/c1-6-17(5)11(3)15-10(2)14(12(4)19)13-8-7-9-16-18(13)15;1-8-12(10(3)17)11-6-5-7-15-16(11)13(8)9(2)14-4/h7-9,11H,6H2,1-5H3;5-7,9,14H,1-4H3. The zero-order valence-corrected chi connectivity index (χ0v) is 22.9. The van der Waals surface area contributed by atoms with Crippen molar-refractivity contribution < 1.29 is 9.59 Å². The fourth-order valence-electron chi connectivity index (χ4n) is 4.97. The molecule has 4 rings (SSSR count). The molecule has 0 fully saturated rings. The number of ketones is 2. The average Bonchev–Trinajstić information content (AvgIpc) is 3.32. The molecule has 36 heavy (non-hydrogen) atoms. The van der Waals surface area contributed by atoms with Crippen LogP contribution in [0.3, 0.4) is 0 Å². The van der Waals surface area contributed by atoms with E-state index in [0.29, 0.717) is 0 Å². The molecule has 0 saturated heterocycles. The maximum atomic E-state index is 11.9. The zero-order chi connectivity index (χ0) is 26.7. The van der Waals surface area contributed by atoms with Crippen molar-refractivity contribution in [3.8, 4) is 0 Å². The largest absolute Gasteiger partial charge is 0.312 e. The maximum absolute atomic E-state index is 11.9. The number of nitrogens with zero attached hydrogens (tertiary/aromatic N) is 5. The van der Waals surface area contributed by atoms with Gasteiger partial charge in [0.2, 0.25) is 0 Å². The first-order chi connectivity index (χ1) is 17.1. The molecule has 1 N–H and O–H groups in total. The second kappa shape index (κ2) is 11.1. The van der Waals surface area contributed by atoms with E-state index in [0.717, 1.165) is 51.2 Å². The third-order valence-electron chi connectivity index (χ3n) is 7.09. The first-order valence-corrected chi connectivity index (χ1v) is 12.4. The van der Waals surface area contributed by atoms with Gasteiger partial charge in [-0.25, -0.2) is 9.03 Å². The van der Waals surface area contributed by atoms with E-state index in [-0.39, 0.29) is 23.7 Å². The Morgan fingerprint density at radius 1 is 0.917 bits per heavy atom. The molecule has 2 unspecified atom stereocenters. The van der Waals surface area contributed by atoms with Gasteiger partial charge in [0, 0.05) is 35.6 Å². The fourth-order valence-corrected chi connectivity index (χ4v) is 4.97. The molecule has 0 spiro atoms. The molecule has 4 aromatic rings. The summed E-state index contributed by atoms with van der Waals surface area (Å²) >= 11 is 0. The molecule has 8 nitrogen and oxygen atoms in total. The fraction of sp³-hybridized carbons (Fsp3) is 0.429. The first-order valence-electron chi connectivity index (χ1n) is 12.4. The van der Waals surface area contributed by atoms with Crippen LogP contribution in [-0.2, 0) is 0 Å². The number of nitrogens with one attached hydrogen (secondary N) is 1. The summed E-state index contributed by atoms with van der Waals surface area (Å²) in [5.41, 5.74) is 7.55. The van der Waals surface area contributed by atoms with E-state index in [9.17, 15) is 9.59 Å². The van der Waals surface area contributed by atoms with E-state index in [2.05, 4.69) is 48.2 Å². The molecule has 0 saturated carbocycles. The monoisotopic (exact) mass is 490 g/mol. The predicted octanol–water partition coefficient (Wildman–Crippen LogP) is 4.98. The SMILES string of the molecule is CCN(C)C(C)c1c(C)c(C(C)=O)c2cccnn12.CNC(C)c1c(C)c(C(C)=O)c2cccnn12. The molecular formula is C28H38N6O2. The van der Waals surface area contributed by atoms with E-state index in [4.69, 9.17) is 0 Å². The highest BCUT2D eigenvalue weighted by molar-refractivity contribution is 6.03. The zero-order valence-electron chi connectivity index (χ0n) is 22.9.